The van der Waals surface area contributed by atoms with E-state index in [1.165, 1.54) is 12.1 Å². The molecule has 1 N–H and O–H groups in total. The number of hydrogen-bond donors (Lipinski definition) is 1. The van der Waals surface area contributed by atoms with Gasteiger partial charge in [0.15, 0.2) is 0 Å². The molecule has 0 aromatic heterocycles. The topological polar surface area (TPSA) is 29.5 Å². The molecule has 1 aromatic carbocycles. The lowest BCUT2D eigenvalue weighted by atomic mass is 9.79. The van der Waals surface area contributed by atoms with Crippen molar-refractivity contribution in [2.75, 3.05) is 7.11 Å². The molecular formula is C13H19FO2. The second kappa shape index (κ2) is 4.83. The van der Waals surface area contributed by atoms with Crippen molar-refractivity contribution in [1.29, 1.82) is 0 Å². The van der Waals surface area contributed by atoms with Crippen LogP contribution in [0.3, 0.4) is 0 Å². The zero-order valence-electron chi connectivity index (χ0n) is 10.2. The first-order chi connectivity index (χ1) is 7.36. The SMILES string of the molecule is COc1ccc(F)cc1C(C)(C)CC(C)O. The Morgan fingerprint density at radius 2 is 2.06 bits per heavy atom. The van der Waals surface area contributed by atoms with Gasteiger partial charge in [-0.25, -0.2) is 4.39 Å². The Morgan fingerprint density at radius 3 is 2.56 bits per heavy atom. The lowest BCUT2D eigenvalue weighted by Crippen LogP contribution is -2.23. The van der Waals surface area contributed by atoms with Crippen LogP contribution in [0.2, 0.25) is 0 Å². The smallest absolute Gasteiger partial charge is 0.123 e. The molecule has 0 bridgehead atoms. The summed E-state index contributed by atoms with van der Waals surface area (Å²) >= 11 is 0. The third-order valence-electron chi connectivity index (χ3n) is 2.70. The number of aliphatic hydroxyl groups excluding tert-OH is 1. The van der Waals surface area contributed by atoms with Gasteiger partial charge in [0, 0.05) is 5.56 Å². The lowest BCUT2D eigenvalue weighted by Gasteiger charge is -2.28. The van der Waals surface area contributed by atoms with Gasteiger partial charge >= 0.3 is 0 Å². The number of halogens is 1. The molecule has 0 saturated heterocycles. The lowest BCUT2D eigenvalue weighted by molar-refractivity contribution is 0.155. The fraction of sp³-hybridized carbons (Fsp3) is 0.538. The van der Waals surface area contributed by atoms with E-state index in [1.807, 2.05) is 13.8 Å². The van der Waals surface area contributed by atoms with Crippen molar-refractivity contribution in [2.45, 2.75) is 38.7 Å². The molecule has 1 unspecified atom stereocenters. The van der Waals surface area contributed by atoms with Crippen LogP contribution in [0.15, 0.2) is 18.2 Å². The second-order valence-electron chi connectivity index (χ2n) is 4.78. The number of benzene rings is 1. The first kappa shape index (κ1) is 13.0. The van der Waals surface area contributed by atoms with Gasteiger partial charge in [-0.3, -0.25) is 0 Å². The molecule has 0 spiro atoms. The van der Waals surface area contributed by atoms with Crippen LogP contribution in [0.25, 0.3) is 0 Å². The Balaban J connectivity index is 3.14. The third-order valence-corrected chi connectivity index (χ3v) is 2.70. The van der Waals surface area contributed by atoms with Crippen molar-refractivity contribution in [3.8, 4) is 5.75 Å². The third kappa shape index (κ3) is 2.95. The van der Waals surface area contributed by atoms with Gasteiger partial charge in [-0.15, -0.1) is 0 Å². The van der Waals surface area contributed by atoms with E-state index >= 15 is 0 Å². The maximum atomic E-state index is 13.2. The van der Waals surface area contributed by atoms with E-state index in [-0.39, 0.29) is 11.2 Å². The molecular weight excluding hydrogens is 207 g/mol. The predicted octanol–water partition coefficient (Wildman–Crippen LogP) is 2.88. The van der Waals surface area contributed by atoms with E-state index in [0.717, 1.165) is 5.56 Å². The molecule has 3 heteroatoms. The van der Waals surface area contributed by atoms with Crippen LogP contribution in [-0.4, -0.2) is 18.3 Å². The Hall–Kier alpha value is -1.09. The minimum absolute atomic E-state index is 0.283. The molecule has 0 aliphatic rings. The zero-order valence-corrected chi connectivity index (χ0v) is 10.2. The van der Waals surface area contributed by atoms with Crippen LogP contribution in [-0.2, 0) is 5.41 Å². The van der Waals surface area contributed by atoms with Gasteiger partial charge < -0.3 is 9.84 Å². The molecule has 0 aliphatic carbocycles. The molecule has 90 valence electrons. The summed E-state index contributed by atoms with van der Waals surface area (Å²) < 4.78 is 18.5. The standard InChI is InChI=1S/C13H19FO2/c1-9(15)8-13(2,3)11-7-10(14)5-6-12(11)16-4/h5-7,9,15H,8H2,1-4H3. The van der Waals surface area contributed by atoms with Crippen LogP contribution in [0.1, 0.15) is 32.8 Å². The average Bonchev–Trinajstić information content (AvgIpc) is 2.15. The number of aliphatic hydroxyl groups is 1. The van der Waals surface area contributed by atoms with E-state index < -0.39 is 6.10 Å². The normalized spacial score (nSPS) is 13.6. The number of rotatable bonds is 4. The molecule has 0 saturated carbocycles. The maximum absolute atomic E-state index is 13.2. The van der Waals surface area contributed by atoms with Crippen molar-refractivity contribution in [2.24, 2.45) is 0 Å². The van der Waals surface area contributed by atoms with E-state index in [4.69, 9.17) is 4.74 Å². The van der Waals surface area contributed by atoms with Crippen molar-refractivity contribution in [1.82, 2.24) is 0 Å². The summed E-state index contributed by atoms with van der Waals surface area (Å²) in [7, 11) is 1.56. The van der Waals surface area contributed by atoms with Crippen molar-refractivity contribution < 1.29 is 14.2 Å². The highest BCUT2D eigenvalue weighted by molar-refractivity contribution is 5.39. The molecule has 0 fully saturated rings. The maximum Gasteiger partial charge on any atom is 0.123 e. The summed E-state index contributed by atoms with van der Waals surface area (Å²) in [6, 6.07) is 4.47. The summed E-state index contributed by atoms with van der Waals surface area (Å²) in [5.74, 6) is 0.376. The van der Waals surface area contributed by atoms with E-state index in [0.29, 0.717) is 12.2 Å². The monoisotopic (exact) mass is 226 g/mol. The van der Waals surface area contributed by atoms with Gasteiger partial charge in [-0.2, -0.15) is 0 Å². The molecule has 0 amide bonds. The van der Waals surface area contributed by atoms with Gasteiger partial charge in [-0.05, 0) is 37.0 Å². The molecule has 1 atom stereocenters. The zero-order chi connectivity index (χ0) is 12.3. The summed E-state index contributed by atoms with van der Waals surface area (Å²) in [4.78, 5) is 0. The van der Waals surface area contributed by atoms with Crippen LogP contribution in [0.5, 0.6) is 5.75 Å². The minimum atomic E-state index is -0.428. The molecule has 16 heavy (non-hydrogen) atoms. The summed E-state index contributed by atoms with van der Waals surface area (Å²) in [5, 5.41) is 9.45. The highest BCUT2D eigenvalue weighted by Gasteiger charge is 2.26. The average molecular weight is 226 g/mol. The first-order valence-electron chi connectivity index (χ1n) is 5.39. The largest absolute Gasteiger partial charge is 0.496 e. The first-order valence-corrected chi connectivity index (χ1v) is 5.39. The summed E-state index contributed by atoms with van der Waals surface area (Å²) in [6.07, 6.45) is 0.135. The highest BCUT2D eigenvalue weighted by atomic mass is 19.1. The minimum Gasteiger partial charge on any atom is -0.496 e. The van der Waals surface area contributed by atoms with Crippen molar-refractivity contribution in [3.05, 3.63) is 29.6 Å². The van der Waals surface area contributed by atoms with Crippen LogP contribution < -0.4 is 4.74 Å². The van der Waals surface area contributed by atoms with Gasteiger partial charge in [-0.1, -0.05) is 13.8 Å². The molecule has 0 aliphatic heterocycles. The van der Waals surface area contributed by atoms with Crippen LogP contribution in [0.4, 0.5) is 4.39 Å². The van der Waals surface area contributed by atoms with Gasteiger partial charge in [0.05, 0.1) is 13.2 Å². The fourth-order valence-corrected chi connectivity index (χ4v) is 2.06. The van der Waals surface area contributed by atoms with Crippen molar-refractivity contribution in [3.63, 3.8) is 0 Å². The van der Waals surface area contributed by atoms with Gasteiger partial charge in [0.25, 0.3) is 0 Å². The second-order valence-corrected chi connectivity index (χ2v) is 4.78. The van der Waals surface area contributed by atoms with E-state index in [2.05, 4.69) is 0 Å². The molecule has 1 aromatic rings. The van der Waals surface area contributed by atoms with Gasteiger partial charge in [0.2, 0.25) is 0 Å². The fourth-order valence-electron chi connectivity index (χ4n) is 2.06. The molecule has 2 nitrogen and oxygen atoms in total. The Kier molecular flexibility index (Phi) is 3.92. The summed E-state index contributed by atoms with van der Waals surface area (Å²) in [6.45, 7) is 5.67. The van der Waals surface area contributed by atoms with E-state index in [9.17, 15) is 9.50 Å². The Bertz CT molecular complexity index is 359. The van der Waals surface area contributed by atoms with Crippen molar-refractivity contribution >= 4 is 0 Å². The molecule has 0 radical (unpaired) electrons. The molecule has 1 rings (SSSR count). The number of hydrogen-bond acceptors (Lipinski definition) is 2. The quantitative estimate of drug-likeness (QED) is 0.855. The van der Waals surface area contributed by atoms with Crippen LogP contribution >= 0.6 is 0 Å². The summed E-state index contributed by atoms with van der Waals surface area (Å²) in [5.41, 5.74) is 0.470. The van der Waals surface area contributed by atoms with Crippen LogP contribution in [0, 0.1) is 5.82 Å². The predicted molar refractivity (Wildman–Crippen MR) is 62.3 cm³/mol. The molecule has 0 heterocycles. The van der Waals surface area contributed by atoms with Gasteiger partial charge in [0.1, 0.15) is 11.6 Å². The Labute approximate surface area is 96.1 Å². The number of ether oxygens (including phenoxy) is 1. The Morgan fingerprint density at radius 1 is 1.44 bits per heavy atom. The van der Waals surface area contributed by atoms with E-state index in [1.54, 1.807) is 20.1 Å². The highest BCUT2D eigenvalue weighted by Crippen LogP contribution is 2.35. The number of methoxy groups -OCH3 is 1.